The summed E-state index contributed by atoms with van der Waals surface area (Å²) in [5.74, 6) is -2.74. The molecule has 8 N–H and O–H groups in total. The molecule has 0 heterocycles. The van der Waals surface area contributed by atoms with Crippen LogP contribution >= 0.6 is 30.4 Å². The Labute approximate surface area is 185 Å². The zero-order valence-electron chi connectivity index (χ0n) is 17.8. The molecule has 4 atom stereocenters. The second-order valence-corrected chi connectivity index (χ2v) is 16.0. The van der Waals surface area contributed by atoms with E-state index >= 15 is 0 Å². The van der Waals surface area contributed by atoms with Crippen molar-refractivity contribution in [1.82, 2.24) is 0 Å². The Morgan fingerprint density at radius 1 is 0.531 bits per heavy atom. The Morgan fingerprint density at radius 2 is 0.750 bits per heavy atom. The molecular formula is C16H30O12P4. The fraction of sp³-hybridized carbons (Fsp3) is 0.625. The molecule has 0 radical (unpaired) electrons. The van der Waals surface area contributed by atoms with Gasteiger partial charge in [0.05, 0.1) is 22.6 Å². The Hall–Kier alpha value is -0.180. The van der Waals surface area contributed by atoms with Gasteiger partial charge in [0.15, 0.2) is 0 Å². The van der Waals surface area contributed by atoms with E-state index in [0.717, 1.165) is 27.7 Å². The van der Waals surface area contributed by atoms with Crippen LogP contribution in [-0.2, 0) is 18.3 Å². The van der Waals surface area contributed by atoms with Gasteiger partial charge in [0, 0.05) is 11.8 Å². The molecule has 0 saturated heterocycles. The first-order valence-corrected chi connectivity index (χ1v) is 16.1. The summed E-state index contributed by atoms with van der Waals surface area (Å²) < 4.78 is 47.6. The minimum Gasteiger partial charge on any atom is -0.324 e. The maximum absolute atomic E-state index is 11.9. The van der Waals surface area contributed by atoms with E-state index in [2.05, 4.69) is 0 Å². The molecule has 4 unspecified atom stereocenters. The van der Waals surface area contributed by atoms with Crippen LogP contribution in [0.5, 0.6) is 0 Å². The van der Waals surface area contributed by atoms with Crippen molar-refractivity contribution < 1.29 is 57.4 Å². The molecular weight excluding hydrogens is 508 g/mol. The molecule has 0 aliphatic carbocycles. The third kappa shape index (κ3) is 7.41. The summed E-state index contributed by atoms with van der Waals surface area (Å²) in [6.45, 7) is 4.49. The average molecular weight is 538 g/mol. The molecule has 1 aromatic rings. The van der Waals surface area contributed by atoms with Crippen LogP contribution in [0.2, 0.25) is 0 Å². The number of hydrogen-bond donors (Lipinski definition) is 8. The molecule has 0 fully saturated rings. The van der Waals surface area contributed by atoms with Crippen molar-refractivity contribution in [2.24, 2.45) is 0 Å². The van der Waals surface area contributed by atoms with Crippen LogP contribution in [0.25, 0.3) is 0 Å². The molecule has 32 heavy (non-hydrogen) atoms. The first-order chi connectivity index (χ1) is 14.1. The van der Waals surface area contributed by atoms with Crippen LogP contribution in [0.4, 0.5) is 0 Å². The molecule has 0 spiro atoms. The number of hydrogen-bond acceptors (Lipinski definition) is 4. The standard InChI is InChI=1S/C16H30O12P4/c1-9(29(17,18)19)15(10(2)30(20,21)22)13-6-5-7-14(8-13)16(11(3)31(23,24)25)12(4)32(26,27)28/h5-12,15-16H,1-4H3,(H2,17,18,19)(H2,20,21,22)(H2,23,24,25)(H2,26,27,28). The molecule has 0 aliphatic rings. The quantitative estimate of drug-likeness (QED) is 0.200. The number of rotatable bonds is 10. The van der Waals surface area contributed by atoms with Crippen LogP contribution in [0, 0.1) is 0 Å². The molecule has 186 valence electrons. The molecule has 0 saturated carbocycles. The van der Waals surface area contributed by atoms with Crippen molar-refractivity contribution in [2.45, 2.75) is 62.2 Å². The van der Waals surface area contributed by atoms with E-state index < -0.39 is 64.9 Å². The van der Waals surface area contributed by atoms with Gasteiger partial charge in [-0.15, -0.1) is 0 Å². The summed E-state index contributed by atoms with van der Waals surface area (Å²) in [6, 6.07) is 5.25. The van der Waals surface area contributed by atoms with E-state index in [1.807, 2.05) is 0 Å². The largest absolute Gasteiger partial charge is 0.328 e. The van der Waals surface area contributed by atoms with Crippen molar-refractivity contribution in [3.63, 3.8) is 0 Å². The predicted molar refractivity (Wildman–Crippen MR) is 118 cm³/mol. The summed E-state index contributed by atoms with van der Waals surface area (Å²) >= 11 is 0. The van der Waals surface area contributed by atoms with E-state index in [9.17, 15) is 57.4 Å². The smallest absolute Gasteiger partial charge is 0.324 e. The molecule has 1 aromatic carbocycles. The van der Waals surface area contributed by atoms with Gasteiger partial charge in [0.25, 0.3) is 0 Å². The fourth-order valence-corrected chi connectivity index (χ4v) is 7.40. The van der Waals surface area contributed by atoms with Gasteiger partial charge in [-0.2, -0.15) is 0 Å². The predicted octanol–water partition coefficient (Wildman–Crippen LogP) is 2.12. The maximum atomic E-state index is 11.9. The lowest BCUT2D eigenvalue weighted by molar-refractivity contribution is 0.332. The SMILES string of the molecule is CC(C(c1cccc(C(C(C)P(=O)(O)O)C(C)P(=O)(O)O)c1)C(C)P(=O)(O)O)P(=O)(O)O. The summed E-state index contributed by atoms with van der Waals surface area (Å²) in [6.07, 6.45) is 0. The third-order valence-electron chi connectivity index (χ3n) is 5.88. The molecule has 1 rings (SSSR count). The monoisotopic (exact) mass is 538 g/mol. The van der Waals surface area contributed by atoms with Gasteiger partial charge in [-0.25, -0.2) is 0 Å². The summed E-state index contributed by atoms with van der Waals surface area (Å²) in [5.41, 5.74) is -6.02. The highest BCUT2D eigenvalue weighted by Crippen LogP contribution is 2.58. The lowest BCUT2D eigenvalue weighted by Crippen LogP contribution is -2.28. The summed E-state index contributed by atoms with van der Waals surface area (Å²) in [7, 11) is -19.3. The minimum atomic E-state index is -4.82. The van der Waals surface area contributed by atoms with Crippen LogP contribution < -0.4 is 0 Å². The van der Waals surface area contributed by atoms with Crippen molar-refractivity contribution in [3.8, 4) is 0 Å². The zero-order chi connectivity index (χ0) is 25.4. The summed E-state index contributed by atoms with van der Waals surface area (Å²) in [5, 5.41) is 0. The van der Waals surface area contributed by atoms with E-state index in [-0.39, 0.29) is 11.1 Å². The van der Waals surface area contributed by atoms with E-state index in [4.69, 9.17) is 0 Å². The Kier molecular flexibility index (Phi) is 9.52. The molecule has 0 aliphatic heterocycles. The molecule has 0 amide bonds. The van der Waals surface area contributed by atoms with Gasteiger partial charge in [0.1, 0.15) is 0 Å². The Bertz CT molecular complexity index is 857. The van der Waals surface area contributed by atoms with Gasteiger partial charge >= 0.3 is 30.4 Å². The third-order valence-corrected chi connectivity index (χ3v) is 11.4. The second kappa shape index (κ2) is 10.2. The highest BCUT2D eigenvalue weighted by molar-refractivity contribution is 7.54. The number of benzene rings is 1. The lowest BCUT2D eigenvalue weighted by atomic mass is 9.87. The second-order valence-electron chi connectivity index (χ2n) is 8.04. The highest BCUT2D eigenvalue weighted by Gasteiger charge is 2.45. The van der Waals surface area contributed by atoms with Crippen LogP contribution in [0.15, 0.2) is 24.3 Å². The van der Waals surface area contributed by atoms with Gasteiger partial charge in [-0.1, -0.05) is 52.0 Å². The Balaban J connectivity index is 3.76. The highest BCUT2D eigenvalue weighted by atomic mass is 31.2. The van der Waals surface area contributed by atoms with Crippen LogP contribution in [-0.4, -0.2) is 61.8 Å². The van der Waals surface area contributed by atoms with Crippen molar-refractivity contribution >= 4 is 30.4 Å². The molecule has 16 heteroatoms. The van der Waals surface area contributed by atoms with Gasteiger partial charge < -0.3 is 39.1 Å². The maximum Gasteiger partial charge on any atom is 0.328 e. The van der Waals surface area contributed by atoms with Crippen LogP contribution in [0.1, 0.15) is 50.7 Å². The molecule has 12 nitrogen and oxygen atoms in total. The fourth-order valence-electron chi connectivity index (χ4n) is 3.73. The minimum absolute atomic E-state index is 0.0509. The molecule has 0 aromatic heterocycles. The first kappa shape index (κ1) is 29.9. The topological polar surface area (TPSA) is 230 Å². The van der Waals surface area contributed by atoms with Gasteiger partial charge in [-0.05, 0) is 11.1 Å². The Morgan fingerprint density at radius 3 is 0.938 bits per heavy atom. The first-order valence-electron chi connectivity index (χ1n) is 9.40. The van der Waals surface area contributed by atoms with E-state index in [1.54, 1.807) is 0 Å². The lowest BCUT2D eigenvalue weighted by Gasteiger charge is -2.33. The summed E-state index contributed by atoms with van der Waals surface area (Å²) in [4.78, 5) is 77.2. The average Bonchev–Trinajstić information content (AvgIpc) is 2.59. The van der Waals surface area contributed by atoms with E-state index in [0.29, 0.717) is 0 Å². The normalized spacial score (nSPS) is 19.6. The van der Waals surface area contributed by atoms with Crippen molar-refractivity contribution in [2.75, 3.05) is 0 Å². The van der Waals surface area contributed by atoms with E-state index in [1.165, 1.54) is 24.3 Å². The zero-order valence-corrected chi connectivity index (χ0v) is 21.4. The van der Waals surface area contributed by atoms with Gasteiger partial charge in [-0.3, -0.25) is 18.3 Å². The van der Waals surface area contributed by atoms with Crippen LogP contribution in [0.3, 0.4) is 0 Å². The van der Waals surface area contributed by atoms with Crippen molar-refractivity contribution in [3.05, 3.63) is 35.4 Å². The molecule has 0 bridgehead atoms. The van der Waals surface area contributed by atoms with Crippen molar-refractivity contribution in [1.29, 1.82) is 0 Å². The van der Waals surface area contributed by atoms with Gasteiger partial charge in [0.2, 0.25) is 0 Å².